The molecule has 0 aliphatic carbocycles. The fourth-order valence-corrected chi connectivity index (χ4v) is 4.64. The smallest absolute Gasteiger partial charge is 0.354 e. The van der Waals surface area contributed by atoms with Crippen LogP contribution >= 0.6 is 23.1 Å². The number of methoxy groups -OCH3 is 1. The highest BCUT2D eigenvalue weighted by atomic mass is 32.2. The van der Waals surface area contributed by atoms with Gasteiger partial charge in [-0.15, -0.1) is 23.1 Å². The largest absolute Gasteiger partial charge is 0.464 e. The zero-order valence-electron chi connectivity index (χ0n) is 14.0. The van der Waals surface area contributed by atoms with Crippen LogP contribution in [0.3, 0.4) is 0 Å². The van der Waals surface area contributed by atoms with Crippen LogP contribution in [0.2, 0.25) is 0 Å². The van der Waals surface area contributed by atoms with Crippen LogP contribution in [0.5, 0.6) is 0 Å². The first kappa shape index (κ1) is 18.5. The van der Waals surface area contributed by atoms with Crippen LogP contribution < -0.4 is 5.32 Å². The van der Waals surface area contributed by atoms with Gasteiger partial charge in [0.05, 0.1) is 12.0 Å². The van der Waals surface area contributed by atoms with Crippen molar-refractivity contribution in [2.45, 2.75) is 18.3 Å². The van der Waals surface area contributed by atoms with Gasteiger partial charge in [0.2, 0.25) is 0 Å². The van der Waals surface area contributed by atoms with Crippen molar-refractivity contribution in [3.05, 3.63) is 33.7 Å². The number of ether oxygens (including phenoxy) is 2. The summed E-state index contributed by atoms with van der Waals surface area (Å²) in [5.74, 6) is -1.49. The number of carbonyl (C=O) groups is 4. The maximum absolute atomic E-state index is 12.6. The minimum Gasteiger partial charge on any atom is -0.464 e. The highest BCUT2D eigenvalue weighted by Gasteiger charge is 2.54. The average Bonchev–Trinajstić information content (AvgIpc) is 3.17. The van der Waals surface area contributed by atoms with Gasteiger partial charge in [-0.3, -0.25) is 19.3 Å². The van der Waals surface area contributed by atoms with Crippen molar-refractivity contribution in [1.29, 1.82) is 0 Å². The Balaban J connectivity index is 1.78. The van der Waals surface area contributed by atoms with Gasteiger partial charge >= 0.3 is 11.9 Å². The minimum atomic E-state index is -0.718. The summed E-state index contributed by atoms with van der Waals surface area (Å²) in [6, 6.07) is 2.71. The third kappa shape index (κ3) is 3.34. The molecule has 3 rings (SSSR count). The summed E-state index contributed by atoms with van der Waals surface area (Å²) >= 11 is 2.67. The Hall–Kier alpha value is -2.33. The fraction of sp³-hybridized carbons (Fsp3) is 0.375. The van der Waals surface area contributed by atoms with Crippen molar-refractivity contribution in [3.63, 3.8) is 0 Å². The van der Waals surface area contributed by atoms with E-state index in [0.29, 0.717) is 16.2 Å². The lowest BCUT2D eigenvalue weighted by Gasteiger charge is -2.49. The quantitative estimate of drug-likeness (QED) is 0.579. The van der Waals surface area contributed by atoms with Gasteiger partial charge in [-0.25, -0.2) is 4.79 Å². The number of thiophene rings is 1. The first-order chi connectivity index (χ1) is 12.4. The molecule has 3 heterocycles. The van der Waals surface area contributed by atoms with Gasteiger partial charge in [-0.1, -0.05) is 6.07 Å². The van der Waals surface area contributed by atoms with E-state index in [0.717, 1.165) is 0 Å². The van der Waals surface area contributed by atoms with Gasteiger partial charge in [-0.2, -0.15) is 0 Å². The normalized spacial score (nSPS) is 21.6. The van der Waals surface area contributed by atoms with Crippen molar-refractivity contribution in [1.82, 2.24) is 10.2 Å². The number of nitrogens with one attached hydrogen (secondary N) is 1. The van der Waals surface area contributed by atoms with Crippen LogP contribution in [0.4, 0.5) is 0 Å². The highest BCUT2D eigenvalue weighted by Crippen LogP contribution is 2.40. The molecule has 1 saturated heterocycles. The molecule has 10 heteroatoms. The molecule has 1 aromatic heterocycles. The van der Waals surface area contributed by atoms with Crippen molar-refractivity contribution in [2.24, 2.45) is 0 Å². The van der Waals surface area contributed by atoms with E-state index < -0.39 is 29.3 Å². The summed E-state index contributed by atoms with van der Waals surface area (Å²) in [7, 11) is 1.22. The first-order valence-corrected chi connectivity index (χ1v) is 9.59. The summed E-state index contributed by atoms with van der Waals surface area (Å²) in [5.41, 5.74) is 0.591. The predicted molar refractivity (Wildman–Crippen MR) is 94.3 cm³/mol. The van der Waals surface area contributed by atoms with Crippen LogP contribution in [0, 0.1) is 0 Å². The molecule has 1 fully saturated rings. The van der Waals surface area contributed by atoms with E-state index in [1.54, 1.807) is 17.5 Å². The summed E-state index contributed by atoms with van der Waals surface area (Å²) < 4.78 is 9.74. The van der Waals surface area contributed by atoms with E-state index >= 15 is 0 Å². The lowest BCUT2D eigenvalue weighted by molar-refractivity contribution is -0.150. The number of β-lactam (4-membered cyclic amide) rings is 1. The Morgan fingerprint density at radius 3 is 2.77 bits per heavy atom. The van der Waals surface area contributed by atoms with Crippen molar-refractivity contribution in [2.75, 3.05) is 19.5 Å². The van der Waals surface area contributed by atoms with E-state index in [1.807, 2.05) is 0 Å². The highest BCUT2D eigenvalue weighted by molar-refractivity contribution is 8.00. The number of hydrogen-bond acceptors (Lipinski definition) is 8. The maximum atomic E-state index is 12.6. The number of amides is 2. The van der Waals surface area contributed by atoms with Gasteiger partial charge in [0.1, 0.15) is 23.7 Å². The minimum absolute atomic E-state index is 0.0872. The molecule has 0 aromatic carbocycles. The molecule has 26 heavy (non-hydrogen) atoms. The third-order valence-corrected chi connectivity index (χ3v) is 6.12. The number of fused-ring (bicyclic) bond motifs is 1. The van der Waals surface area contributed by atoms with Crippen molar-refractivity contribution < 1.29 is 28.7 Å². The van der Waals surface area contributed by atoms with Crippen LogP contribution in [-0.4, -0.2) is 59.5 Å². The Bertz CT molecular complexity index is 789. The van der Waals surface area contributed by atoms with Crippen LogP contribution in [0.15, 0.2) is 28.8 Å². The molecular weight excluding hydrogens is 380 g/mol. The summed E-state index contributed by atoms with van der Waals surface area (Å²) in [6.45, 7) is 1.18. The van der Waals surface area contributed by atoms with E-state index in [-0.39, 0.29) is 18.2 Å². The lowest BCUT2D eigenvalue weighted by Crippen LogP contribution is -2.70. The molecule has 0 spiro atoms. The van der Waals surface area contributed by atoms with Crippen LogP contribution in [0.1, 0.15) is 16.6 Å². The first-order valence-electron chi connectivity index (χ1n) is 7.66. The summed E-state index contributed by atoms with van der Waals surface area (Å²) in [4.78, 5) is 49.8. The molecular formula is C16H16N2O6S2. The third-order valence-electron chi connectivity index (χ3n) is 3.91. The molecule has 2 aliphatic heterocycles. The summed E-state index contributed by atoms with van der Waals surface area (Å²) in [5, 5.41) is 4.08. The van der Waals surface area contributed by atoms with Crippen molar-refractivity contribution >= 4 is 46.9 Å². The Morgan fingerprint density at radius 2 is 2.15 bits per heavy atom. The standard InChI is InChI=1S/C16H16N2O6S2/c1-8(19)24-6-9-7-26-15-11(17-13(20)10-4-3-5-25-10)14(21)18(15)12(9)16(22)23-2/h3-5,11,15H,6-7H2,1-2H3,(H,17,20). The molecule has 2 aliphatic rings. The SMILES string of the molecule is COC(=O)C1=C(COC(C)=O)CSC2C(NC(=O)c3cccs3)C(=O)N12. The number of carbonyl (C=O) groups excluding carboxylic acids is 4. The Labute approximate surface area is 157 Å². The second-order valence-electron chi connectivity index (χ2n) is 5.56. The number of hydrogen-bond donors (Lipinski definition) is 1. The Kier molecular flexibility index (Phi) is 5.33. The summed E-state index contributed by atoms with van der Waals surface area (Å²) in [6.07, 6.45) is 0. The lowest BCUT2D eigenvalue weighted by atomic mass is 10.0. The van der Waals surface area contributed by atoms with E-state index in [2.05, 4.69) is 5.32 Å². The molecule has 2 unspecified atom stereocenters. The average molecular weight is 396 g/mol. The van der Waals surface area contributed by atoms with Gasteiger partial charge in [-0.05, 0) is 11.4 Å². The molecule has 1 N–H and O–H groups in total. The van der Waals surface area contributed by atoms with Crippen LogP contribution in [0.25, 0.3) is 0 Å². The Morgan fingerprint density at radius 1 is 1.38 bits per heavy atom. The second kappa shape index (κ2) is 7.50. The fourth-order valence-electron chi connectivity index (χ4n) is 2.69. The van der Waals surface area contributed by atoms with Crippen LogP contribution in [-0.2, 0) is 23.9 Å². The van der Waals surface area contributed by atoms with E-state index in [1.165, 1.54) is 42.0 Å². The zero-order chi connectivity index (χ0) is 18.8. The molecule has 0 bridgehead atoms. The van der Waals surface area contributed by atoms with Gasteiger partial charge in [0, 0.05) is 18.2 Å². The van der Waals surface area contributed by atoms with Gasteiger partial charge in [0.25, 0.3) is 11.8 Å². The molecule has 1 aromatic rings. The van der Waals surface area contributed by atoms with E-state index in [9.17, 15) is 19.2 Å². The number of rotatable bonds is 5. The topological polar surface area (TPSA) is 102 Å². The maximum Gasteiger partial charge on any atom is 0.354 e. The van der Waals surface area contributed by atoms with Gasteiger partial charge in [0.15, 0.2) is 0 Å². The molecule has 0 radical (unpaired) electrons. The second-order valence-corrected chi connectivity index (χ2v) is 7.61. The predicted octanol–water partition coefficient (Wildman–Crippen LogP) is 0.752. The number of thioether (sulfide) groups is 1. The monoisotopic (exact) mass is 396 g/mol. The van der Waals surface area contributed by atoms with Gasteiger partial charge < -0.3 is 14.8 Å². The molecule has 138 valence electrons. The van der Waals surface area contributed by atoms with Crippen molar-refractivity contribution in [3.8, 4) is 0 Å². The molecule has 2 atom stereocenters. The molecule has 0 saturated carbocycles. The van der Waals surface area contributed by atoms with E-state index in [4.69, 9.17) is 9.47 Å². The molecule has 2 amide bonds. The zero-order valence-corrected chi connectivity index (χ0v) is 15.6. The number of nitrogens with zero attached hydrogens (tertiary/aromatic N) is 1. The molecule has 8 nitrogen and oxygen atoms in total. The number of esters is 2.